The third kappa shape index (κ3) is 1.15. The molecule has 0 unspecified atom stereocenters. The van der Waals surface area contributed by atoms with E-state index in [1.54, 1.807) is 0 Å². The van der Waals surface area contributed by atoms with Crippen molar-refractivity contribution in [2.24, 2.45) is 0 Å². The van der Waals surface area contributed by atoms with Gasteiger partial charge in [-0.3, -0.25) is 0 Å². The zero-order valence-electron chi connectivity index (χ0n) is 4.53. The summed E-state index contributed by atoms with van der Waals surface area (Å²) in [5.74, 6) is 0. The number of halogens is 2. The first-order valence-corrected chi connectivity index (χ1v) is 2.79. The summed E-state index contributed by atoms with van der Waals surface area (Å²) >= 11 is 0. The zero-order valence-corrected chi connectivity index (χ0v) is 4.53. The summed E-state index contributed by atoms with van der Waals surface area (Å²) in [5, 5.41) is 2.75. The van der Waals surface area contributed by atoms with E-state index in [1.807, 2.05) is 0 Å². The average molecular weight is 121 g/mol. The molecule has 3 heteroatoms. The van der Waals surface area contributed by atoms with Crippen molar-refractivity contribution >= 4 is 0 Å². The van der Waals surface area contributed by atoms with E-state index in [0.717, 1.165) is 0 Å². The van der Waals surface area contributed by atoms with E-state index in [2.05, 4.69) is 5.32 Å². The minimum absolute atomic E-state index is 0.182. The van der Waals surface area contributed by atoms with Crippen LogP contribution in [0.25, 0.3) is 0 Å². The van der Waals surface area contributed by atoms with Crippen LogP contribution in [-0.4, -0.2) is 25.4 Å². The molecule has 1 aliphatic rings. The number of hydrogen-bond donors (Lipinski definition) is 1. The second-order valence-corrected chi connectivity index (χ2v) is 2.02. The summed E-state index contributed by atoms with van der Waals surface area (Å²) < 4.78 is 24.3. The number of hydrogen-bond acceptors (Lipinski definition) is 1. The van der Waals surface area contributed by atoms with Crippen LogP contribution >= 0.6 is 0 Å². The van der Waals surface area contributed by atoms with Gasteiger partial charge in [0.25, 0.3) is 0 Å². The van der Waals surface area contributed by atoms with E-state index in [4.69, 9.17) is 0 Å². The lowest BCUT2D eigenvalue weighted by molar-refractivity contribution is 0.131. The van der Waals surface area contributed by atoms with Gasteiger partial charge in [0.15, 0.2) is 0 Å². The van der Waals surface area contributed by atoms with E-state index in [9.17, 15) is 8.78 Å². The van der Waals surface area contributed by atoms with Crippen molar-refractivity contribution in [3.63, 3.8) is 0 Å². The Morgan fingerprint density at radius 2 is 2.00 bits per heavy atom. The summed E-state index contributed by atoms with van der Waals surface area (Å²) in [7, 11) is 0. The van der Waals surface area contributed by atoms with Crippen LogP contribution in [0.3, 0.4) is 0 Å². The normalized spacial score (nSPS) is 39.8. The quantitative estimate of drug-likeness (QED) is 0.496. The van der Waals surface area contributed by atoms with Crippen LogP contribution in [0, 0.1) is 0 Å². The van der Waals surface area contributed by atoms with Crippen molar-refractivity contribution in [1.29, 1.82) is 0 Å². The third-order valence-corrected chi connectivity index (χ3v) is 1.33. The van der Waals surface area contributed by atoms with Crippen LogP contribution in [0.4, 0.5) is 8.78 Å². The Kier molecular flexibility index (Phi) is 1.78. The maximum Gasteiger partial charge on any atom is 0.144 e. The molecule has 0 aliphatic carbocycles. The molecule has 0 aromatic heterocycles. The Balaban J connectivity index is 2.28. The molecule has 0 aromatic carbocycles. The smallest absolute Gasteiger partial charge is 0.144 e. The predicted molar refractivity (Wildman–Crippen MR) is 27.3 cm³/mol. The fraction of sp³-hybridized carbons (Fsp3) is 1.00. The van der Waals surface area contributed by atoms with Crippen molar-refractivity contribution in [3.05, 3.63) is 0 Å². The number of nitrogens with one attached hydrogen (secondary N) is 1. The van der Waals surface area contributed by atoms with Crippen LogP contribution in [0.2, 0.25) is 0 Å². The molecule has 0 amide bonds. The topological polar surface area (TPSA) is 12.0 Å². The molecule has 0 saturated carbocycles. The highest BCUT2D eigenvalue weighted by molar-refractivity contribution is 4.76. The Labute approximate surface area is 47.1 Å². The van der Waals surface area contributed by atoms with Gasteiger partial charge in [0, 0.05) is 6.54 Å². The Morgan fingerprint density at radius 3 is 2.38 bits per heavy atom. The standard InChI is InChI=1S/C5H9F2N/c6-4-1-2-8-3-5(4)7/h4-5,8H,1-3H2/t4-,5-/m0/s1. The molecule has 0 spiro atoms. The number of piperidine rings is 1. The summed E-state index contributed by atoms with van der Waals surface area (Å²) in [5.41, 5.74) is 0. The molecule has 48 valence electrons. The van der Waals surface area contributed by atoms with Crippen LogP contribution < -0.4 is 5.32 Å². The van der Waals surface area contributed by atoms with Crippen LogP contribution in [0.1, 0.15) is 6.42 Å². The van der Waals surface area contributed by atoms with Gasteiger partial charge in [0.05, 0.1) is 0 Å². The van der Waals surface area contributed by atoms with E-state index in [-0.39, 0.29) is 6.54 Å². The third-order valence-electron chi connectivity index (χ3n) is 1.33. The lowest BCUT2D eigenvalue weighted by Gasteiger charge is -2.19. The van der Waals surface area contributed by atoms with E-state index in [0.29, 0.717) is 13.0 Å². The fourth-order valence-electron chi connectivity index (χ4n) is 0.789. The molecule has 1 aliphatic heterocycles. The molecule has 0 bridgehead atoms. The molecule has 1 heterocycles. The van der Waals surface area contributed by atoms with Gasteiger partial charge >= 0.3 is 0 Å². The van der Waals surface area contributed by atoms with Crippen molar-refractivity contribution < 1.29 is 8.78 Å². The highest BCUT2D eigenvalue weighted by Gasteiger charge is 2.22. The van der Waals surface area contributed by atoms with Gasteiger partial charge in [0.2, 0.25) is 0 Å². The minimum Gasteiger partial charge on any atom is -0.314 e. The summed E-state index contributed by atoms with van der Waals surface area (Å²) in [6, 6.07) is 0. The lowest BCUT2D eigenvalue weighted by atomic mass is 10.1. The SMILES string of the molecule is F[C@H]1CCNC[C@@H]1F. The van der Waals surface area contributed by atoms with Gasteiger partial charge in [-0.15, -0.1) is 0 Å². The fourth-order valence-corrected chi connectivity index (χ4v) is 0.789. The van der Waals surface area contributed by atoms with Gasteiger partial charge in [-0.05, 0) is 13.0 Å². The molecule has 1 N–H and O–H groups in total. The van der Waals surface area contributed by atoms with Crippen molar-refractivity contribution in [2.75, 3.05) is 13.1 Å². The molecule has 1 fully saturated rings. The molecule has 0 radical (unpaired) electrons. The average Bonchev–Trinajstić information content (AvgIpc) is 1.77. The van der Waals surface area contributed by atoms with Gasteiger partial charge in [-0.25, -0.2) is 8.78 Å². The second-order valence-electron chi connectivity index (χ2n) is 2.02. The van der Waals surface area contributed by atoms with Crippen molar-refractivity contribution in [3.8, 4) is 0 Å². The van der Waals surface area contributed by atoms with E-state index < -0.39 is 12.3 Å². The van der Waals surface area contributed by atoms with Gasteiger partial charge in [-0.1, -0.05) is 0 Å². The molecule has 1 saturated heterocycles. The molecular weight excluding hydrogens is 112 g/mol. The van der Waals surface area contributed by atoms with E-state index >= 15 is 0 Å². The highest BCUT2D eigenvalue weighted by Crippen LogP contribution is 2.10. The first-order valence-electron chi connectivity index (χ1n) is 2.79. The number of rotatable bonds is 0. The molecule has 2 atom stereocenters. The molecule has 8 heavy (non-hydrogen) atoms. The Bertz CT molecular complexity index is 66.8. The maximum atomic E-state index is 12.2. The Morgan fingerprint density at radius 1 is 1.25 bits per heavy atom. The highest BCUT2D eigenvalue weighted by atomic mass is 19.2. The summed E-state index contributed by atoms with van der Waals surface area (Å²) in [6.07, 6.45) is -2.18. The van der Waals surface area contributed by atoms with Gasteiger partial charge in [-0.2, -0.15) is 0 Å². The van der Waals surface area contributed by atoms with Crippen LogP contribution in [-0.2, 0) is 0 Å². The molecule has 1 rings (SSSR count). The summed E-state index contributed by atoms with van der Waals surface area (Å²) in [4.78, 5) is 0. The number of alkyl halides is 2. The van der Waals surface area contributed by atoms with E-state index in [1.165, 1.54) is 0 Å². The zero-order chi connectivity index (χ0) is 5.98. The van der Waals surface area contributed by atoms with Crippen molar-refractivity contribution in [2.45, 2.75) is 18.8 Å². The molecule has 0 aromatic rings. The largest absolute Gasteiger partial charge is 0.314 e. The molecular formula is C5H9F2N. The second kappa shape index (κ2) is 2.40. The van der Waals surface area contributed by atoms with Gasteiger partial charge < -0.3 is 5.32 Å². The molecule has 1 nitrogen and oxygen atoms in total. The van der Waals surface area contributed by atoms with Gasteiger partial charge in [0.1, 0.15) is 12.3 Å². The first-order chi connectivity index (χ1) is 3.80. The maximum absolute atomic E-state index is 12.2. The lowest BCUT2D eigenvalue weighted by Crippen LogP contribution is -2.39. The summed E-state index contributed by atoms with van der Waals surface area (Å²) in [6.45, 7) is 0.794. The van der Waals surface area contributed by atoms with Crippen molar-refractivity contribution in [1.82, 2.24) is 5.32 Å². The monoisotopic (exact) mass is 121 g/mol. The first kappa shape index (κ1) is 5.95. The Hall–Kier alpha value is -0.180. The predicted octanol–water partition coefficient (Wildman–Crippen LogP) is 0.656. The van der Waals surface area contributed by atoms with Crippen LogP contribution in [0.5, 0.6) is 0 Å². The minimum atomic E-state index is -1.27. The van der Waals surface area contributed by atoms with Crippen LogP contribution in [0.15, 0.2) is 0 Å².